The van der Waals surface area contributed by atoms with Gasteiger partial charge < -0.3 is 14.2 Å². The van der Waals surface area contributed by atoms with Gasteiger partial charge >= 0.3 is 5.97 Å². The predicted molar refractivity (Wildman–Crippen MR) is 147 cm³/mol. The van der Waals surface area contributed by atoms with Gasteiger partial charge in [0.15, 0.2) is 5.65 Å². The maximum atomic E-state index is 14.3. The minimum absolute atomic E-state index is 0.105. The number of carboxylic acids is 1. The number of fused-ring (bicyclic) bond motifs is 2. The smallest absolute Gasteiger partial charge is 0.335 e. The Hall–Kier alpha value is -4.70. The van der Waals surface area contributed by atoms with Crippen LogP contribution in [0.2, 0.25) is 0 Å². The molecule has 4 heterocycles. The second-order valence-electron chi connectivity index (χ2n) is 9.60. The number of pyridine rings is 1. The van der Waals surface area contributed by atoms with Gasteiger partial charge in [-0.1, -0.05) is 22.9 Å². The minimum Gasteiger partial charge on any atom is -0.478 e. The van der Waals surface area contributed by atoms with E-state index in [1.807, 2.05) is 31.5 Å². The van der Waals surface area contributed by atoms with Crippen molar-refractivity contribution < 1.29 is 22.8 Å². The molecule has 6 rings (SSSR count). The first-order chi connectivity index (χ1) is 18.6. The van der Waals surface area contributed by atoms with E-state index < -0.39 is 16.0 Å². The summed E-state index contributed by atoms with van der Waals surface area (Å²) >= 11 is 0. The molecule has 0 radical (unpaired) electrons. The van der Waals surface area contributed by atoms with Gasteiger partial charge in [0.1, 0.15) is 5.76 Å². The van der Waals surface area contributed by atoms with Crippen molar-refractivity contribution in [3.63, 3.8) is 0 Å². The topological polar surface area (TPSA) is 120 Å². The zero-order valence-electron chi connectivity index (χ0n) is 21.6. The third-order valence-electron chi connectivity index (χ3n) is 7.04. The second-order valence-corrected chi connectivity index (χ2v) is 11.4. The van der Waals surface area contributed by atoms with Gasteiger partial charge in [0.25, 0.3) is 10.0 Å². The Labute approximate surface area is 224 Å². The molecule has 2 aromatic carbocycles. The fraction of sp³-hybridized carbons (Fsp3) is 0.138. The molecule has 0 atom stereocenters. The van der Waals surface area contributed by atoms with Crippen LogP contribution in [-0.2, 0) is 17.1 Å². The summed E-state index contributed by atoms with van der Waals surface area (Å²) in [6.07, 6.45) is 3.38. The average Bonchev–Trinajstić information content (AvgIpc) is 3.56. The highest BCUT2D eigenvalue weighted by Crippen LogP contribution is 2.40. The lowest BCUT2D eigenvalue weighted by molar-refractivity contribution is 0.0697. The van der Waals surface area contributed by atoms with Crippen LogP contribution in [0.1, 0.15) is 27.4 Å². The monoisotopic (exact) mass is 540 g/mol. The largest absolute Gasteiger partial charge is 0.478 e. The van der Waals surface area contributed by atoms with Crippen LogP contribution in [0.25, 0.3) is 44.3 Å². The zero-order chi connectivity index (χ0) is 27.6. The lowest BCUT2D eigenvalue weighted by atomic mass is 10.0. The van der Waals surface area contributed by atoms with Crippen molar-refractivity contribution in [2.75, 3.05) is 0 Å². The van der Waals surface area contributed by atoms with Crippen molar-refractivity contribution in [1.29, 1.82) is 0 Å². The maximum Gasteiger partial charge on any atom is 0.335 e. The number of aromatic nitrogens is 4. The third kappa shape index (κ3) is 3.75. The quantitative estimate of drug-likeness (QED) is 0.297. The van der Waals surface area contributed by atoms with Crippen molar-refractivity contribution in [3.05, 3.63) is 89.6 Å². The maximum absolute atomic E-state index is 14.3. The van der Waals surface area contributed by atoms with Crippen molar-refractivity contribution >= 4 is 37.9 Å². The highest BCUT2D eigenvalue weighted by molar-refractivity contribution is 7.90. The summed E-state index contributed by atoms with van der Waals surface area (Å²) in [6, 6.07) is 15.1. The first-order valence-electron chi connectivity index (χ1n) is 12.2. The molecular weight excluding hydrogens is 516 g/mol. The molecule has 0 unspecified atom stereocenters. The molecule has 0 bridgehead atoms. The van der Waals surface area contributed by atoms with Crippen LogP contribution in [0, 0.1) is 20.8 Å². The van der Waals surface area contributed by atoms with Crippen LogP contribution in [0.4, 0.5) is 0 Å². The number of carboxylic acid groups (broad SMARTS) is 1. The summed E-state index contributed by atoms with van der Waals surface area (Å²) < 4.78 is 37.0. The van der Waals surface area contributed by atoms with E-state index in [0.29, 0.717) is 33.5 Å². The minimum atomic E-state index is -4.12. The van der Waals surface area contributed by atoms with Gasteiger partial charge in [-0.05, 0) is 68.8 Å². The van der Waals surface area contributed by atoms with E-state index in [-0.39, 0.29) is 16.1 Å². The number of rotatable bonds is 5. The fourth-order valence-electron chi connectivity index (χ4n) is 5.14. The molecule has 0 aliphatic rings. The molecule has 196 valence electrons. The number of hydrogen-bond acceptors (Lipinski definition) is 6. The Bertz CT molecular complexity index is 2030. The number of aryl methyl sites for hydroxylation is 4. The van der Waals surface area contributed by atoms with Crippen LogP contribution in [0.5, 0.6) is 0 Å². The Morgan fingerprint density at radius 3 is 2.36 bits per heavy atom. The van der Waals surface area contributed by atoms with Gasteiger partial charge in [0.2, 0.25) is 0 Å². The van der Waals surface area contributed by atoms with Crippen molar-refractivity contribution in [2.45, 2.75) is 25.7 Å². The molecule has 1 N–H and O–H groups in total. The summed E-state index contributed by atoms with van der Waals surface area (Å²) in [4.78, 5) is 16.4. The molecule has 0 saturated heterocycles. The van der Waals surface area contributed by atoms with Gasteiger partial charge in [-0.2, -0.15) is 0 Å². The summed E-state index contributed by atoms with van der Waals surface area (Å²) in [5.41, 5.74) is 5.15. The zero-order valence-corrected chi connectivity index (χ0v) is 22.4. The molecular formula is C29H24N4O5S. The van der Waals surface area contributed by atoms with Crippen LogP contribution >= 0.6 is 0 Å². The highest BCUT2D eigenvalue weighted by Gasteiger charge is 2.28. The Morgan fingerprint density at radius 2 is 1.69 bits per heavy atom. The molecule has 0 spiro atoms. The van der Waals surface area contributed by atoms with E-state index >= 15 is 0 Å². The van der Waals surface area contributed by atoms with Gasteiger partial charge in [-0.3, -0.25) is 0 Å². The van der Waals surface area contributed by atoms with E-state index in [4.69, 9.17) is 4.52 Å². The van der Waals surface area contributed by atoms with Crippen molar-refractivity contribution in [2.24, 2.45) is 7.05 Å². The summed E-state index contributed by atoms with van der Waals surface area (Å²) in [5.74, 6) is -0.464. The summed E-state index contributed by atoms with van der Waals surface area (Å²) in [5, 5.41) is 14.9. The molecule has 0 aliphatic heterocycles. The van der Waals surface area contributed by atoms with Crippen LogP contribution < -0.4 is 0 Å². The van der Waals surface area contributed by atoms with Crippen molar-refractivity contribution in [3.8, 4) is 22.4 Å². The van der Waals surface area contributed by atoms with E-state index in [0.717, 1.165) is 22.2 Å². The number of aromatic carboxylic acids is 1. The molecule has 6 aromatic rings. The summed E-state index contributed by atoms with van der Waals surface area (Å²) in [7, 11) is -2.29. The molecule has 0 saturated carbocycles. The van der Waals surface area contributed by atoms with Gasteiger partial charge in [0, 0.05) is 46.9 Å². The molecule has 0 aliphatic carbocycles. The third-order valence-corrected chi connectivity index (χ3v) is 8.75. The SMILES string of the molecule is Cc1ccc(S(=O)(=O)n2c(-c3cn(C)c4ccc(C(=O)O)cc34)cc3c(-c4c(C)noc4C)ccnc32)cc1. The molecule has 4 aromatic heterocycles. The first-order valence-corrected chi connectivity index (χ1v) is 13.6. The highest BCUT2D eigenvalue weighted by atomic mass is 32.2. The van der Waals surface area contributed by atoms with Crippen LogP contribution in [0.3, 0.4) is 0 Å². The Kier molecular flexibility index (Phi) is 5.47. The molecule has 0 amide bonds. The molecule has 9 nitrogen and oxygen atoms in total. The number of nitrogens with zero attached hydrogens (tertiary/aromatic N) is 4. The Balaban J connectivity index is 1.75. The number of hydrogen-bond donors (Lipinski definition) is 1. The standard InChI is InChI=1S/C29H24N4O5S/c1-16-5-8-20(9-6-16)39(36,37)33-26(24-15-32(4)25-10-7-19(29(34)35)13-22(24)25)14-23-21(11-12-30-28(23)33)27-17(2)31-38-18(27)3/h5-15H,1-4H3,(H,34,35). The normalized spacial score (nSPS) is 12.0. The number of carbonyl (C=O) groups is 1. The van der Waals surface area contributed by atoms with E-state index in [1.165, 1.54) is 10.0 Å². The predicted octanol–water partition coefficient (Wildman–Crippen LogP) is 5.71. The van der Waals surface area contributed by atoms with Crippen LogP contribution in [0.15, 0.2) is 76.4 Å². The van der Waals surface area contributed by atoms with E-state index in [1.54, 1.807) is 61.8 Å². The Morgan fingerprint density at radius 1 is 0.949 bits per heavy atom. The lowest BCUT2D eigenvalue weighted by Crippen LogP contribution is -2.14. The number of benzene rings is 2. The fourth-order valence-corrected chi connectivity index (χ4v) is 6.61. The first kappa shape index (κ1) is 24.6. The molecule has 39 heavy (non-hydrogen) atoms. The average molecular weight is 541 g/mol. The second kappa shape index (κ2) is 8.67. The molecule has 0 fully saturated rings. The summed E-state index contributed by atoms with van der Waals surface area (Å²) in [6.45, 7) is 5.53. The van der Waals surface area contributed by atoms with E-state index in [9.17, 15) is 18.3 Å². The van der Waals surface area contributed by atoms with Gasteiger partial charge in [0.05, 0.1) is 21.8 Å². The van der Waals surface area contributed by atoms with Crippen molar-refractivity contribution in [1.82, 2.24) is 18.7 Å². The molecule has 10 heteroatoms. The van der Waals surface area contributed by atoms with E-state index in [2.05, 4.69) is 10.1 Å². The van der Waals surface area contributed by atoms with Gasteiger partial charge in [-0.25, -0.2) is 22.2 Å². The van der Waals surface area contributed by atoms with Crippen LogP contribution in [-0.4, -0.2) is 38.2 Å². The van der Waals surface area contributed by atoms with Gasteiger partial charge in [-0.15, -0.1) is 0 Å². The lowest BCUT2D eigenvalue weighted by Gasteiger charge is -2.12.